The number of halogens is 1. The van der Waals surface area contributed by atoms with Gasteiger partial charge in [0.15, 0.2) is 0 Å². The normalized spacial score (nSPS) is 10.6. The predicted molar refractivity (Wildman–Crippen MR) is 88.3 cm³/mol. The average molecular weight is 353 g/mol. The van der Waals surface area contributed by atoms with Crippen molar-refractivity contribution in [3.8, 4) is 10.4 Å². The molecule has 1 amide bonds. The maximum absolute atomic E-state index is 12.3. The molecule has 0 bridgehead atoms. The number of carbonyl (C=O) groups is 1. The fourth-order valence-corrected chi connectivity index (χ4v) is 3.06. The van der Waals surface area contributed by atoms with E-state index in [1.807, 2.05) is 38.4 Å². The lowest BCUT2D eigenvalue weighted by molar-refractivity contribution is 0.0801. The summed E-state index contributed by atoms with van der Waals surface area (Å²) in [5.74, 6) is 0.0774. The van der Waals surface area contributed by atoms with Crippen LogP contribution in [0.1, 0.15) is 9.67 Å². The van der Waals surface area contributed by atoms with E-state index in [9.17, 15) is 4.79 Å². The van der Waals surface area contributed by atoms with E-state index in [1.54, 1.807) is 4.90 Å². The first-order valence-electron chi connectivity index (χ1n) is 6.37. The standard InChI is InChI=1S/C15H17BrN2OS/c1-17-9-10-18(2)15(19)14-8-7-13(20-14)11-3-5-12(16)6-4-11/h3-8,17H,9-10H2,1-2H3. The lowest BCUT2D eigenvalue weighted by atomic mass is 10.2. The van der Waals surface area contributed by atoms with E-state index in [0.717, 1.165) is 26.3 Å². The maximum atomic E-state index is 12.3. The molecule has 2 rings (SSSR count). The number of nitrogens with zero attached hydrogens (tertiary/aromatic N) is 1. The predicted octanol–water partition coefficient (Wildman–Crippen LogP) is 3.47. The number of thiophene rings is 1. The Morgan fingerprint density at radius 2 is 1.95 bits per heavy atom. The maximum Gasteiger partial charge on any atom is 0.263 e. The summed E-state index contributed by atoms with van der Waals surface area (Å²) in [5.41, 5.74) is 1.13. The molecular weight excluding hydrogens is 336 g/mol. The average Bonchev–Trinajstić information content (AvgIpc) is 2.94. The minimum Gasteiger partial charge on any atom is -0.340 e. The second-order valence-electron chi connectivity index (χ2n) is 4.50. The van der Waals surface area contributed by atoms with Crippen molar-refractivity contribution in [1.29, 1.82) is 0 Å². The van der Waals surface area contributed by atoms with Gasteiger partial charge >= 0.3 is 0 Å². The smallest absolute Gasteiger partial charge is 0.263 e. The number of carbonyl (C=O) groups excluding carboxylic acids is 1. The van der Waals surface area contributed by atoms with Gasteiger partial charge in [-0.05, 0) is 36.9 Å². The Hall–Kier alpha value is -1.17. The first-order chi connectivity index (χ1) is 9.61. The molecule has 0 aliphatic carbocycles. The zero-order valence-corrected chi connectivity index (χ0v) is 13.9. The van der Waals surface area contributed by atoms with E-state index in [-0.39, 0.29) is 5.91 Å². The van der Waals surface area contributed by atoms with Gasteiger partial charge in [0.25, 0.3) is 5.91 Å². The van der Waals surface area contributed by atoms with Crippen LogP contribution in [-0.4, -0.2) is 38.0 Å². The van der Waals surface area contributed by atoms with Crippen LogP contribution in [0.2, 0.25) is 0 Å². The third-order valence-electron chi connectivity index (χ3n) is 2.99. The molecule has 1 N–H and O–H groups in total. The largest absolute Gasteiger partial charge is 0.340 e. The molecule has 20 heavy (non-hydrogen) atoms. The van der Waals surface area contributed by atoms with Crippen LogP contribution in [0.4, 0.5) is 0 Å². The number of benzene rings is 1. The lowest BCUT2D eigenvalue weighted by Gasteiger charge is -2.15. The summed E-state index contributed by atoms with van der Waals surface area (Å²) >= 11 is 4.96. The number of hydrogen-bond acceptors (Lipinski definition) is 3. The number of likely N-dealkylation sites (N-methyl/N-ethyl adjacent to an activating group) is 2. The molecule has 2 aromatic rings. The number of amides is 1. The van der Waals surface area contributed by atoms with Crippen molar-refractivity contribution in [3.63, 3.8) is 0 Å². The summed E-state index contributed by atoms with van der Waals surface area (Å²) in [4.78, 5) is 15.9. The summed E-state index contributed by atoms with van der Waals surface area (Å²) < 4.78 is 1.06. The van der Waals surface area contributed by atoms with Gasteiger partial charge in [0.05, 0.1) is 4.88 Å². The SMILES string of the molecule is CNCCN(C)C(=O)c1ccc(-c2ccc(Br)cc2)s1. The lowest BCUT2D eigenvalue weighted by Crippen LogP contribution is -2.32. The van der Waals surface area contributed by atoms with Crippen molar-refractivity contribution >= 4 is 33.2 Å². The Bertz CT molecular complexity index is 580. The highest BCUT2D eigenvalue weighted by Gasteiger charge is 2.14. The Morgan fingerprint density at radius 1 is 1.25 bits per heavy atom. The summed E-state index contributed by atoms with van der Waals surface area (Å²) in [7, 11) is 3.72. The molecule has 3 nitrogen and oxygen atoms in total. The molecule has 0 spiro atoms. The third-order valence-corrected chi connectivity index (χ3v) is 4.64. The monoisotopic (exact) mass is 352 g/mol. The third kappa shape index (κ3) is 3.69. The van der Waals surface area contributed by atoms with E-state index in [0.29, 0.717) is 6.54 Å². The van der Waals surface area contributed by atoms with Crippen molar-refractivity contribution in [1.82, 2.24) is 10.2 Å². The van der Waals surface area contributed by atoms with Crippen LogP contribution in [0.25, 0.3) is 10.4 Å². The van der Waals surface area contributed by atoms with E-state index in [2.05, 4.69) is 33.4 Å². The van der Waals surface area contributed by atoms with E-state index in [1.165, 1.54) is 11.3 Å². The summed E-state index contributed by atoms with van der Waals surface area (Å²) in [6, 6.07) is 12.0. The summed E-state index contributed by atoms with van der Waals surface area (Å²) in [5, 5.41) is 3.05. The van der Waals surface area contributed by atoms with Crippen LogP contribution in [0.5, 0.6) is 0 Å². The Kier molecular flexibility index (Phi) is 5.34. The van der Waals surface area contributed by atoms with Crippen LogP contribution in [0, 0.1) is 0 Å². The molecule has 0 aliphatic heterocycles. The highest BCUT2D eigenvalue weighted by molar-refractivity contribution is 9.10. The zero-order valence-electron chi connectivity index (χ0n) is 11.5. The highest BCUT2D eigenvalue weighted by Crippen LogP contribution is 2.29. The number of hydrogen-bond donors (Lipinski definition) is 1. The fraction of sp³-hybridized carbons (Fsp3) is 0.267. The number of nitrogens with one attached hydrogen (secondary N) is 1. The first-order valence-corrected chi connectivity index (χ1v) is 7.98. The van der Waals surface area contributed by atoms with Crippen molar-refractivity contribution in [3.05, 3.63) is 45.7 Å². The van der Waals surface area contributed by atoms with Crippen LogP contribution in [0.15, 0.2) is 40.9 Å². The second-order valence-corrected chi connectivity index (χ2v) is 6.50. The molecule has 0 fully saturated rings. The molecule has 1 aromatic carbocycles. The van der Waals surface area contributed by atoms with Gasteiger partial charge in [0, 0.05) is 29.5 Å². The van der Waals surface area contributed by atoms with Crippen molar-refractivity contribution < 1.29 is 4.79 Å². The molecule has 0 unspecified atom stereocenters. The van der Waals surface area contributed by atoms with Gasteiger partial charge in [-0.1, -0.05) is 28.1 Å². The van der Waals surface area contributed by atoms with Crippen molar-refractivity contribution in [2.75, 3.05) is 27.2 Å². The minimum atomic E-state index is 0.0774. The van der Waals surface area contributed by atoms with Gasteiger partial charge in [0.1, 0.15) is 0 Å². The molecular formula is C15H17BrN2OS. The van der Waals surface area contributed by atoms with Gasteiger partial charge in [-0.15, -0.1) is 11.3 Å². The second kappa shape index (κ2) is 7.02. The van der Waals surface area contributed by atoms with Crippen LogP contribution < -0.4 is 5.32 Å². The molecule has 0 saturated carbocycles. The Balaban J connectivity index is 2.12. The molecule has 0 aliphatic rings. The first kappa shape index (κ1) is 15.2. The van der Waals surface area contributed by atoms with Gasteiger partial charge in [0.2, 0.25) is 0 Å². The molecule has 0 saturated heterocycles. The molecule has 1 heterocycles. The zero-order chi connectivity index (χ0) is 14.5. The number of rotatable bonds is 5. The van der Waals surface area contributed by atoms with Crippen molar-refractivity contribution in [2.45, 2.75) is 0 Å². The summed E-state index contributed by atoms with van der Waals surface area (Å²) in [6.45, 7) is 1.51. The fourth-order valence-electron chi connectivity index (χ4n) is 1.79. The van der Waals surface area contributed by atoms with Crippen molar-refractivity contribution in [2.24, 2.45) is 0 Å². The quantitative estimate of drug-likeness (QED) is 0.893. The van der Waals surface area contributed by atoms with Gasteiger partial charge < -0.3 is 10.2 Å². The molecule has 5 heteroatoms. The van der Waals surface area contributed by atoms with Crippen LogP contribution in [0.3, 0.4) is 0 Å². The molecule has 106 valence electrons. The van der Waals surface area contributed by atoms with E-state index >= 15 is 0 Å². The van der Waals surface area contributed by atoms with Gasteiger partial charge in [-0.25, -0.2) is 0 Å². The molecule has 1 aromatic heterocycles. The topological polar surface area (TPSA) is 32.3 Å². The Labute approximate surface area is 131 Å². The van der Waals surface area contributed by atoms with Crippen LogP contribution in [-0.2, 0) is 0 Å². The van der Waals surface area contributed by atoms with E-state index < -0.39 is 0 Å². The van der Waals surface area contributed by atoms with Crippen LogP contribution >= 0.6 is 27.3 Å². The molecule has 0 atom stereocenters. The minimum absolute atomic E-state index is 0.0774. The van der Waals surface area contributed by atoms with E-state index in [4.69, 9.17) is 0 Å². The summed E-state index contributed by atoms with van der Waals surface area (Å²) in [6.07, 6.45) is 0. The molecule has 0 radical (unpaired) electrons. The Morgan fingerprint density at radius 3 is 2.60 bits per heavy atom. The van der Waals surface area contributed by atoms with Gasteiger partial charge in [-0.2, -0.15) is 0 Å². The van der Waals surface area contributed by atoms with Gasteiger partial charge in [-0.3, -0.25) is 4.79 Å². The highest BCUT2D eigenvalue weighted by atomic mass is 79.9.